The molecule has 21 heavy (non-hydrogen) atoms. The largest absolute Gasteiger partial charge is 0.366 e. The van der Waals surface area contributed by atoms with Crippen LogP contribution in [0.15, 0.2) is 54.9 Å². The summed E-state index contributed by atoms with van der Waals surface area (Å²) in [6.45, 7) is 0. The highest BCUT2D eigenvalue weighted by Gasteiger charge is 2.09. The summed E-state index contributed by atoms with van der Waals surface area (Å²) in [6.07, 6.45) is 1.54. The van der Waals surface area contributed by atoms with Crippen LogP contribution in [0.2, 0.25) is 0 Å². The number of benzene rings is 2. The van der Waals surface area contributed by atoms with E-state index in [0.717, 1.165) is 11.0 Å². The number of nitrogens with one attached hydrogen (secondary N) is 1. The number of amides is 2. The molecule has 1 heterocycles. The number of hydrogen-bond donors (Lipinski definition) is 2. The number of nitrogens with zero attached hydrogens (tertiary/aromatic N) is 2. The van der Waals surface area contributed by atoms with Gasteiger partial charge in [-0.2, -0.15) is 0 Å². The van der Waals surface area contributed by atoms with Crippen LogP contribution in [-0.2, 0) is 0 Å². The average Bonchev–Trinajstić information content (AvgIpc) is 2.91. The molecule has 2 aromatic carbocycles. The van der Waals surface area contributed by atoms with Gasteiger partial charge in [-0.05, 0) is 36.4 Å². The van der Waals surface area contributed by atoms with Crippen LogP contribution in [0.25, 0.3) is 11.0 Å². The molecule has 0 saturated carbocycles. The molecule has 0 aliphatic heterocycles. The van der Waals surface area contributed by atoms with E-state index in [2.05, 4.69) is 10.4 Å². The molecule has 0 spiro atoms. The molecule has 3 rings (SSSR count). The van der Waals surface area contributed by atoms with Gasteiger partial charge < -0.3 is 5.73 Å². The highest BCUT2D eigenvalue weighted by atomic mass is 16.2. The molecule has 0 saturated heterocycles. The summed E-state index contributed by atoms with van der Waals surface area (Å²) in [5.74, 6) is -0.822. The maximum atomic E-state index is 12.2. The fraction of sp³-hybridized carbons (Fsp3) is 0. The molecular weight excluding hydrogens is 268 g/mol. The average molecular weight is 280 g/mol. The van der Waals surface area contributed by atoms with E-state index in [-0.39, 0.29) is 5.91 Å². The lowest BCUT2D eigenvalue weighted by Crippen LogP contribution is -2.22. The Morgan fingerprint density at radius 1 is 1.00 bits per heavy atom. The summed E-state index contributed by atoms with van der Waals surface area (Å²) in [4.78, 5) is 27.3. The standard InChI is InChI=1S/C15H12N4O2/c16-14(20)10-5-7-11(8-6-10)15(21)18-19-9-17-12-3-1-2-4-13(12)19/h1-9H,(H2,16,20)(H,18,21). The van der Waals surface area contributed by atoms with E-state index in [4.69, 9.17) is 5.73 Å². The van der Waals surface area contributed by atoms with Crippen molar-refractivity contribution in [2.45, 2.75) is 0 Å². The number of nitrogens with two attached hydrogens (primary N) is 1. The van der Waals surface area contributed by atoms with Crippen LogP contribution in [-0.4, -0.2) is 21.5 Å². The van der Waals surface area contributed by atoms with Crippen LogP contribution in [0.4, 0.5) is 0 Å². The Balaban J connectivity index is 1.84. The summed E-state index contributed by atoms with van der Waals surface area (Å²) in [7, 11) is 0. The van der Waals surface area contributed by atoms with Crippen LogP contribution in [0.3, 0.4) is 0 Å². The zero-order valence-electron chi connectivity index (χ0n) is 11.0. The van der Waals surface area contributed by atoms with E-state index >= 15 is 0 Å². The van der Waals surface area contributed by atoms with Crippen molar-refractivity contribution < 1.29 is 9.59 Å². The van der Waals surface area contributed by atoms with Crippen molar-refractivity contribution in [2.75, 3.05) is 5.43 Å². The van der Waals surface area contributed by atoms with Crippen LogP contribution in [0.5, 0.6) is 0 Å². The second-order valence-electron chi connectivity index (χ2n) is 4.49. The van der Waals surface area contributed by atoms with Gasteiger partial charge >= 0.3 is 0 Å². The van der Waals surface area contributed by atoms with Gasteiger partial charge in [0.05, 0.1) is 11.0 Å². The monoisotopic (exact) mass is 280 g/mol. The first kappa shape index (κ1) is 12.9. The normalized spacial score (nSPS) is 10.5. The molecule has 3 N–H and O–H groups in total. The van der Waals surface area contributed by atoms with Crippen molar-refractivity contribution in [1.29, 1.82) is 0 Å². The third-order valence-electron chi connectivity index (χ3n) is 3.11. The molecule has 6 heteroatoms. The lowest BCUT2D eigenvalue weighted by molar-refractivity contribution is 0.0992. The van der Waals surface area contributed by atoms with Crippen molar-refractivity contribution >= 4 is 22.8 Å². The zero-order chi connectivity index (χ0) is 14.8. The molecule has 0 atom stereocenters. The van der Waals surface area contributed by atoms with Gasteiger partial charge in [0, 0.05) is 11.1 Å². The lowest BCUT2D eigenvalue weighted by atomic mass is 10.1. The van der Waals surface area contributed by atoms with E-state index in [9.17, 15) is 9.59 Å². The molecule has 0 radical (unpaired) electrons. The first-order valence-corrected chi connectivity index (χ1v) is 6.28. The molecule has 3 aromatic rings. The van der Waals surface area contributed by atoms with Crippen LogP contribution >= 0.6 is 0 Å². The van der Waals surface area contributed by atoms with Crippen molar-refractivity contribution in [3.8, 4) is 0 Å². The Hall–Kier alpha value is -3.15. The Bertz CT molecular complexity index is 821. The third kappa shape index (κ3) is 2.46. The minimum atomic E-state index is -0.525. The Morgan fingerprint density at radius 2 is 1.67 bits per heavy atom. The smallest absolute Gasteiger partial charge is 0.270 e. The summed E-state index contributed by atoms with van der Waals surface area (Å²) in [5, 5.41) is 0. The van der Waals surface area contributed by atoms with Crippen molar-refractivity contribution in [3.05, 3.63) is 66.0 Å². The van der Waals surface area contributed by atoms with Gasteiger partial charge in [-0.25, -0.2) is 9.66 Å². The van der Waals surface area contributed by atoms with Gasteiger partial charge in [0.15, 0.2) is 0 Å². The minimum Gasteiger partial charge on any atom is -0.366 e. The zero-order valence-corrected chi connectivity index (χ0v) is 11.0. The van der Waals surface area contributed by atoms with Crippen molar-refractivity contribution in [3.63, 3.8) is 0 Å². The second-order valence-corrected chi connectivity index (χ2v) is 4.49. The first-order chi connectivity index (χ1) is 10.1. The van der Waals surface area contributed by atoms with Gasteiger partial charge in [0.25, 0.3) is 5.91 Å². The van der Waals surface area contributed by atoms with Gasteiger partial charge in [-0.1, -0.05) is 12.1 Å². The number of carbonyl (C=O) groups is 2. The number of aromatic nitrogens is 2. The first-order valence-electron chi connectivity index (χ1n) is 6.28. The second kappa shape index (κ2) is 5.09. The topological polar surface area (TPSA) is 90.0 Å². The Morgan fingerprint density at radius 3 is 2.38 bits per heavy atom. The van der Waals surface area contributed by atoms with E-state index in [0.29, 0.717) is 11.1 Å². The Kier molecular flexibility index (Phi) is 3.12. The molecule has 104 valence electrons. The van der Waals surface area contributed by atoms with E-state index in [1.54, 1.807) is 23.1 Å². The molecule has 0 fully saturated rings. The van der Waals surface area contributed by atoms with E-state index < -0.39 is 5.91 Å². The molecule has 0 unspecified atom stereocenters. The highest BCUT2D eigenvalue weighted by molar-refractivity contribution is 6.01. The number of fused-ring (bicyclic) bond motifs is 1. The van der Waals surface area contributed by atoms with Gasteiger partial charge in [-0.15, -0.1) is 0 Å². The van der Waals surface area contributed by atoms with Crippen molar-refractivity contribution in [2.24, 2.45) is 5.73 Å². The SMILES string of the molecule is NC(=O)c1ccc(C(=O)Nn2cnc3ccccc32)cc1. The molecular formula is C15H12N4O2. The number of rotatable bonds is 3. The maximum absolute atomic E-state index is 12.2. The number of carbonyl (C=O) groups excluding carboxylic acids is 2. The van der Waals surface area contributed by atoms with E-state index in [1.807, 2.05) is 24.3 Å². The predicted molar refractivity (Wildman–Crippen MR) is 78.4 cm³/mol. The molecule has 6 nitrogen and oxygen atoms in total. The number of imidazole rings is 1. The van der Waals surface area contributed by atoms with Crippen LogP contribution in [0, 0.1) is 0 Å². The lowest BCUT2D eigenvalue weighted by Gasteiger charge is -2.07. The van der Waals surface area contributed by atoms with E-state index in [1.165, 1.54) is 12.1 Å². The molecule has 2 amide bonds. The third-order valence-corrected chi connectivity index (χ3v) is 3.11. The molecule has 0 aliphatic carbocycles. The summed E-state index contributed by atoms with van der Waals surface area (Å²) in [6, 6.07) is 13.6. The molecule has 0 aliphatic rings. The van der Waals surface area contributed by atoms with Crippen LogP contribution in [0.1, 0.15) is 20.7 Å². The maximum Gasteiger partial charge on any atom is 0.270 e. The van der Waals surface area contributed by atoms with Gasteiger partial charge in [0.1, 0.15) is 6.33 Å². The highest BCUT2D eigenvalue weighted by Crippen LogP contribution is 2.11. The molecule has 0 bridgehead atoms. The number of para-hydroxylation sites is 2. The number of hydrogen-bond acceptors (Lipinski definition) is 3. The fourth-order valence-electron chi connectivity index (χ4n) is 2.01. The van der Waals surface area contributed by atoms with Gasteiger partial charge in [0.2, 0.25) is 5.91 Å². The van der Waals surface area contributed by atoms with Crippen LogP contribution < -0.4 is 11.2 Å². The van der Waals surface area contributed by atoms with Crippen molar-refractivity contribution in [1.82, 2.24) is 9.66 Å². The van der Waals surface area contributed by atoms with Gasteiger partial charge in [-0.3, -0.25) is 15.0 Å². The summed E-state index contributed by atoms with van der Waals surface area (Å²) in [5.41, 5.74) is 10.3. The fourth-order valence-corrected chi connectivity index (χ4v) is 2.01. The molecule has 1 aromatic heterocycles. The summed E-state index contributed by atoms with van der Waals surface area (Å²) >= 11 is 0. The predicted octanol–water partition coefficient (Wildman–Crippen LogP) is 1.52. The summed E-state index contributed by atoms with van der Waals surface area (Å²) < 4.78 is 1.56. The quantitative estimate of drug-likeness (QED) is 0.762. The Labute approximate surface area is 120 Å². The minimum absolute atomic E-state index is 0.297. The number of primary amides is 1.